The number of benzene rings is 3. The van der Waals surface area contributed by atoms with Gasteiger partial charge in [0.05, 0.1) is 33.5 Å². The molecule has 2 aliphatic heterocycles. The zero-order valence-corrected chi connectivity index (χ0v) is 21.9. The van der Waals surface area contributed by atoms with Crippen LogP contribution in [-0.4, -0.2) is 61.9 Å². The van der Waals surface area contributed by atoms with Gasteiger partial charge in [-0.25, -0.2) is 13.9 Å². The van der Waals surface area contributed by atoms with Crippen molar-refractivity contribution in [2.75, 3.05) is 52.6 Å². The molecule has 3 aromatic carbocycles. The molecule has 0 atom stereocenters. The quantitative estimate of drug-likeness (QED) is 0.467. The molecule has 0 spiro atoms. The van der Waals surface area contributed by atoms with Crippen LogP contribution in [0.5, 0.6) is 0 Å². The molecule has 2 heterocycles. The maximum atomic E-state index is 6.70. The molecule has 0 N–H and O–H groups in total. The largest absolute Gasteiger partial charge is 0.379 e. The van der Waals surface area contributed by atoms with E-state index in [1.807, 2.05) is 0 Å². The first kappa shape index (κ1) is 24.1. The summed E-state index contributed by atoms with van der Waals surface area (Å²) in [6, 6.07) is 32.4. The fourth-order valence-corrected chi connectivity index (χ4v) is 14.6. The van der Waals surface area contributed by atoms with Crippen molar-refractivity contribution in [1.29, 1.82) is 0 Å². The van der Waals surface area contributed by atoms with Crippen molar-refractivity contribution in [3.8, 4) is 0 Å². The summed E-state index contributed by atoms with van der Waals surface area (Å²) in [5, 5.41) is 3.72. The first-order valence-electron chi connectivity index (χ1n) is 11.8. The zero-order chi connectivity index (χ0) is 23.3. The van der Waals surface area contributed by atoms with E-state index in [0.717, 1.165) is 26.2 Å². The van der Waals surface area contributed by atoms with Crippen LogP contribution in [0.4, 0.5) is 0 Å². The third-order valence-electron chi connectivity index (χ3n) is 6.35. The van der Waals surface area contributed by atoms with E-state index in [-0.39, 0.29) is 0 Å². The van der Waals surface area contributed by atoms with Gasteiger partial charge in [-0.3, -0.25) is 0 Å². The fraction of sp³-hybridized carbons (Fsp3) is 0.308. The zero-order valence-electron chi connectivity index (χ0n) is 19.3. The van der Waals surface area contributed by atoms with Gasteiger partial charge in [-0.1, -0.05) is 91.0 Å². The van der Waals surface area contributed by atoms with Crippen molar-refractivity contribution >= 4 is 41.3 Å². The number of rotatable bonds is 6. The molecule has 34 heavy (non-hydrogen) atoms. The maximum absolute atomic E-state index is 6.70. The summed E-state index contributed by atoms with van der Waals surface area (Å²) < 4.78 is 22.3. The van der Waals surface area contributed by atoms with Gasteiger partial charge >= 0.3 is 0 Å². The molecule has 2 fully saturated rings. The fourth-order valence-electron chi connectivity index (χ4n) is 4.63. The lowest BCUT2D eigenvalue weighted by molar-refractivity contribution is 0.0580. The van der Waals surface area contributed by atoms with Crippen LogP contribution < -0.4 is 15.9 Å². The second-order valence-corrected chi connectivity index (χ2v) is 15.5. The Balaban J connectivity index is 1.84. The number of hydrogen-bond acceptors (Lipinski definition) is 3. The van der Waals surface area contributed by atoms with Gasteiger partial charge in [-0.05, 0) is 11.8 Å². The Labute approximate surface area is 207 Å². The first-order valence-corrected chi connectivity index (χ1v) is 16.2. The van der Waals surface area contributed by atoms with Crippen LogP contribution in [0.25, 0.3) is 0 Å². The molecule has 5 rings (SSSR count). The van der Waals surface area contributed by atoms with E-state index < -0.39 is 13.5 Å². The molecule has 2 aliphatic rings. The summed E-state index contributed by atoms with van der Waals surface area (Å²) in [5.41, 5.74) is 0. The van der Waals surface area contributed by atoms with Crippen LogP contribution in [0.15, 0.2) is 95.5 Å². The Morgan fingerprint density at radius 1 is 0.559 bits per heavy atom. The van der Waals surface area contributed by atoms with E-state index in [1.54, 1.807) is 0 Å². The van der Waals surface area contributed by atoms with E-state index in [2.05, 4.69) is 100 Å². The van der Waals surface area contributed by atoms with E-state index in [9.17, 15) is 0 Å². The van der Waals surface area contributed by atoms with Crippen LogP contribution in [0.2, 0.25) is 0 Å². The summed E-state index contributed by atoms with van der Waals surface area (Å²) >= 11 is 6.70. The highest BCUT2D eigenvalue weighted by Crippen LogP contribution is 2.64. The van der Waals surface area contributed by atoms with Gasteiger partial charge in [0.15, 0.2) is 6.49 Å². The highest BCUT2D eigenvalue weighted by Gasteiger charge is 2.39. The molecular weight excluding hydrogens is 480 g/mol. The van der Waals surface area contributed by atoms with Gasteiger partial charge in [-0.2, -0.15) is 0 Å². The molecule has 0 saturated carbocycles. The van der Waals surface area contributed by atoms with Crippen LogP contribution in [0.3, 0.4) is 0 Å². The van der Waals surface area contributed by atoms with E-state index in [0.29, 0.717) is 26.4 Å². The molecular formula is C26H31N3O2P2S. The predicted molar refractivity (Wildman–Crippen MR) is 147 cm³/mol. The van der Waals surface area contributed by atoms with E-state index in [4.69, 9.17) is 25.8 Å². The molecule has 0 aliphatic carbocycles. The van der Waals surface area contributed by atoms with Gasteiger partial charge in [0.2, 0.25) is 0 Å². The highest BCUT2D eigenvalue weighted by atomic mass is 32.4. The summed E-state index contributed by atoms with van der Waals surface area (Å²) in [5.74, 6) is 0. The minimum absolute atomic E-state index is 0.700. The third-order valence-corrected chi connectivity index (χ3v) is 15.8. The number of ether oxygens (including phenoxy) is 2. The summed E-state index contributed by atoms with van der Waals surface area (Å²) in [6.45, 7) is 3.59. The van der Waals surface area contributed by atoms with Crippen LogP contribution in [-0.2, 0) is 21.3 Å². The Morgan fingerprint density at radius 2 is 0.882 bits per heavy atom. The second-order valence-electron chi connectivity index (χ2n) is 8.38. The predicted octanol–water partition coefficient (Wildman–Crippen LogP) is 4.05. The van der Waals surface area contributed by atoms with Crippen LogP contribution in [0.1, 0.15) is 0 Å². The van der Waals surface area contributed by atoms with E-state index >= 15 is 0 Å². The Kier molecular flexibility index (Phi) is 7.77. The summed E-state index contributed by atoms with van der Waals surface area (Å²) in [6.07, 6.45) is 0. The van der Waals surface area contributed by atoms with Crippen molar-refractivity contribution in [3.63, 3.8) is 0 Å². The van der Waals surface area contributed by atoms with Gasteiger partial charge in [0, 0.05) is 42.1 Å². The number of morpholine rings is 2. The molecule has 0 aromatic heterocycles. The van der Waals surface area contributed by atoms with Crippen molar-refractivity contribution in [3.05, 3.63) is 91.0 Å². The normalized spacial score (nSPS) is 18.5. The lowest BCUT2D eigenvalue weighted by atomic mass is 10.4. The SMILES string of the molecule is S=P(N=P(c1ccccc1)(c1ccccc1)c1ccccc1)(N1CCOCC1)N1CCOCC1. The van der Waals surface area contributed by atoms with Gasteiger partial charge in [0.25, 0.3) is 0 Å². The van der Waals surface area contributed by atoms with Gasteiger partial charge in [0.1, 0.15) is 0 Å². The molecule has 3 aromatic rings. The Morgan fingerprint density at radius 3 is 1.21 bits per heavy atom. The molecule has 0 unspecified atom stereocenters. The second kappa shape index (κ2) is 11.0. The molecule has 2 saturated heterocycles. The lowest BCUT2D eigenvalue weighted by Gasteiger charge is -2.44. The van der Waals surface area contributed by atoms with Crippen molar-refractivity contribution in [2.45, 2.75) is 0 Å². The van der Waals surface area contributed by atoms with Gasteiger partial charge in [-0.15, -0.1) is 0 Å². The molecule has 178 valence electrons. The summed E-state index contributed by atoms with van der Waals surface area (Å²) in [7, 11) is -2.40. The van der Waals surface area contributed by atoms with Crippen LogP contribution in [0, 0.1) is 0 Å². The Bertz CT molecular complexity index is 1040. The number of hydrogen-bond donors (Lipinski definition) is 0. The monoisotopic (exact) mass is 511 g/mol. The molecule has 0 bridgehead atoms. The minimum Gasteiger partial charge on any atom is -0.379 e. The molecule has 0 radical (unpaired) electrons. The smallest absolute Gasteiger partial charge is 0.188 e. The topological polar surface area (TPSA) is 37.3 Å². The first-order chi connectivity index (χ1) is 16.7. The average Bonchev–Trinajstić information content (AvgIpc) is 2.94. The molecule has 8 heteroatoms. The summed E-state index contributed by atoms with van der Waals surface area (Å²) in [4.78, 5) is 0. The molecule has 5 nitrogen and oxygen atoms in total. The van der Waals surface area contributed by atoms with Crippen molar-refractivity contribution < 1.29 is 9.47 Å². The number of nitrogens with zero attached hydrogens (tertiary/aromatic N) is 3. The highest BCUT2D eigenvalue weighted by molar-refractivity contribution is 8.13. The lowest BCUT2D eigenvalue weighted by Crippen LogP contribution is -2.42. The van der Waals surface area contributed by atoms with Gasteiger partial charge < -0.3 is 9.47 Å². The van der Waals surface area contributed by atoms with Crippen molar-refractivity contribution in [1.82, 2.24) is 9.34 Å². The maximum Gasteiger partial charge on any atom is 0.188 e. The van der Waals surface area contributed by atoms with Crippen LogP contribution >= 0.6 is 13.5 Å². The molecule has 0 amide bonds. The third kappa shape index (κ3) is 4.74. The average molecular weight is 512 g/mol. The minimum atomic E-state index is -2.47. The van der Waals surface area contributed by atoms with E-state index in [1.165, 1.54) is 15.9 Å². The standard InChI is InChI=1S/C26H31N3O2P2S/c34-33(28-16-20-30-21-17-28,29-18-22-31-23-19-29)27-32(24-10-4-1-5-11-24,25-12-6-2-7-13-25)26-14-8-3-9-15-26/h1-15H,16-23H2. The Hall–Kier alpha value is -1.62. The van der Waals surface area contributed by atoms with Crippen molar-refractivity contribution in [2.24, 2.45) is 4.52 Å².